The number of phenols is 2. The van der Waals surface area contributed by atoms with Gasteiger partial charge in [0.25, 0.3) is 5.91 Å². The van der Waals surface area contributed by atoms with Gasteiger partial charge in [-0.3, -0.25) is 4.79 Å². The van der Waals surface area contributed by atoms with Crippen LogP contribution in [0.5, 0.6) is 11.5 Å². The monoisotopic (exact) mass is 533 g/mol. The van der Waals surface area contributed by atoms with Gasteiger partial charge in [0.2, 0.25) is 0 Å². The normalized spacial score (nSPS) is 12.8. The van der Waals surface area contributed by atoms with Crippen molar-refractivity contribution in [1.29, 1.82) is 0 Å². The summed E-state index contributed by atoms with van der Waals surface area (Å²) in [4.78, 5) is 13.2. The molecule has 2 atom stereocenters. The minimum atomic E-state index is -0.349. The number of benzene rings is 5. The Kier molecular flexibility index (Phi) is 8.59. The van der Waals surface area contributed by atoms with Crippen LogP contribution in [-0.2, 0) is 12.8 Å². The zero-order chi connectivity index (χ0) is 27.9. The molecule has 0 fully saturated rings. The highest BCUT2D eigenvalue weighted by molar-refractivity contribution is 5.95. The SMILES string of the molecule is CNC[C@@H](Cc1ccc2ccccc2c1)NC[C@H](Cc1cccc2ccccc12)NC(=O)c1cc(O)cc(O)c1. The smallest absolute Gasteiger partial charge is 0.251 e. The van der Waals surface area contributed by atoms with E-state index in [2.05, 4.69) is 82.7 Å². The van der Waals surface area contributed by atoms with Crippen LogP contribution in [0.4, 0.5) is 0 Å². The molecule has 0 spiro atoms. The zero-order valence-electron chi connectivity index (χ0n) is 22.6. The number of hydrogen-bond acceptors (Lipinski definition) is 5. The lowest BCUT2D eigenvalue weighted by Gasteiger charge is -2.25. The first-order valence-electron chi connectivity index (χ1n) is 13.6. The van der Waals surface area contributed by atoms with E-state index in [0.717, 1.165) is 29.3 Å². The van der Waals surface area contributed by atoms with E-state index < -0.39 is 0 Å². The molecule has 5 rings (SSSR count). The van der Waals surface area contributed by atoms with Crippen LogP contribution in [0.25, 0.3) is 21.5 Å². The number of fused-ring (bicyclic) bond motifs is 2. The van der Waals surface area contributed by atoms with E-state index in [1.807, 2.05) is 25.2 Å². The second kappa shape index (κ2) is 12.6. The van der Waals surface area contributed by atoms with Gasteiger partial charge in [-0.1, -0.05) is 84.9 Å². The Labute approximate surface area is 234 Å². The Hall–Kier alpha value is -4.39. The first-order chi connectivity index (χ1) is 19.5. The van der Waals surface area contributed by atoms with Gasteiger partial charge in [-0.2, -0.15) is 0 Å². The molecule has 0 saturated carbocycles. The minimum absolute atomic E-state index is 0.142. The van der Waals surface area contributed by atoms with E-state index in [-0.39, 0.29) is 35.1 Å². The fraction of sp³-hybridized carbons (Fsp3) is 0.206. The van der Waals surface area contributed by atoms with Crippen molar-refractivity contribution in [3.05, 3.63) is 120 Å². The molecule has 1 amide bonds. The summed E-state index contributed by atoms with van der Waals surface area (Å²) >= 11 is 0. The van der Waals surface area contributed by atoms with Gasteiger partial charge in [-0.15, -0.1) is 0 Å². The molecule has 0 aliphatic rings. The number of likely N-dealkylation sites (N-methyl/N-ethyl adjacent to an activating group) is 1. The maximum Gasteiger partial charge on any atom is 0.251 e. The van der Waals surface area contributed by atoms with Crippen molar-refractivity contribution in [3.63, 3.8) is 0 Å². The Morgan fingerprint density at radius 2 is 1.40 bits per heavy atom. The number of phenolic OH excluding ortho intramolecular Hbond substituents is 2. The van der Waals surface area contributed by atoms with Gasteiger partial charge in [-0.25, -0.2) is 0 Å². The second-order valence-electron chi connectivity index (χ2n) is 10.3. The third-order valence-electron chi connectivity index (χ3n) is 7.25. The van der Waals surface area contributed by atoms with Crippen LogP contribution >= 0.6 is 0 Å². The Morgan fingerprint density at radius 1 is 0.700 bits per heavy atom. The number of carbonyl (C=O) groups excluding carboxylic acids is 1. The third-order valence-corrected chi connectivity index (χ3v) is 7.25. The molecule has 5 aromatic carbocycles. The lowest BCUT2D eigenvalue weighted by Crippen LogP contribution is -2.48. The quantitative estimate of drug-likeness (QED) is 0.162. The first kappa shape index (κ1) is 27.2. The fourth-order valence-corrected chi connectivity index (χ4v) is 5.33. The number of carbonyl (C=O) groups is 1. The standard InChI is InChI=1S/C34H35N3O3/c1-35-21-29(16-23-13-14-24-7-2-3-9-26(24)15-23)36-22-30(37-34(40)28-18-31(38)20-32(39)19-28)17-27-11-6-10-25-8-4-5-12-33(25)27/h2-15,18-20,29-30,35-36,38-39H,16-17,21-22H2,1H3,(H,37,40)/t29-,30+/m1/s1. The fourth-order valence-electron chi connectivity index (χ4n) is 5.33. The number of rotatable bonds is 11. The average Bonchev–Trinajstić information content (AvgIpc) is 2.95. The van der Waals surface area contributed by atoms with Crippen molar-refractivity contribution in [2.45, 2.75) is 24.9 Å². The van der Waals surface area contributed by atoms with Crippen molar-refractivity contribution in [2.75, 3.05) is 20.1 Å². The summed E-state index contributed by atoms with van der Waals surface area (Å²) in [5.74, 6) is -0.658. The van der Waals surface area contributed by atoms with E-state index >= 15 is 0 Å². The molecule has 0 bridgehead atoms. The molecule has 0 aliphatic heterocycles. The molecule has 0 unspecified atom stereocenters. The highest BCUT2D eigenvalue weighted by Gasteiger charge is 2.19. The summed E-state index contributed by atoms with van der Waals surface area (Å²) < 4.78 is 0. The largest absolute Gasteiger partial charge is 0.508 e. The maximum atomic E-state index is 13.2. The minimum Gasteiger partial charge on any atom is -0.508 e. The number of aromatic hydroxyl groups is 2. The van der Waals surface area contributed by atoms with Crippen LogP contribution in [0.2, 0.25) is 0 Å². The van der Waals surface area contributed by atoms with Crippen molar-refractivity contribution in [2.24, 2.45) is 0 Å². The van der Waals surface area contributed by atoms with Gasteiger partial charge in [0.05, 0.1) is 0 Å². The molecule has 0 radical (unpaired) electrons. The lowest BCUT2D eigenvalue weighted by atomic mass is 9.97. The summed E-state index contributed by atoms with van der Waals surface area (Å²) in [6, 6.07) is 33.3. The molecule has 0 aliphatic carbocycles. The van der Waals surface area contributed by atoms with E-state index in [1.165, 1.54) is 34.5 Å². The maximum absolute atomic E-state index is 13.2. The molecule has 5 N–H and O–H groups in total. The molecule has 6 nitrogen and oxygen atoms in total. The summed E-state index contributed by atoms with van der Waals surface area (Å²) in [5, 5.41) is 34.7. The molecule has 0 saturated heterocycles. The van der Waals surface area contributed by atoms with Gasteiger partial charge < -0.3 is 26.2 Å². The van der Waals surface area contributed by atoms with Crippen molar-refractivity contribution in [3.8, 4) is 11.5 Å². The summed E-state index contributed by atoms with van der Waals surface area (Å²) in [6.45, 7) is 1.31. The van der Waals surface area contributed by atoms with Gasteiger partial charge in [-0.05, 0) is 64.7 Å². The molecule has 204 valence electrons. The van der Waals surface area contributed by atoms with Crippen LogP contribution in [0.3, 0.4) is 0 Å². The van der Waals surface area contributed by atoms with E-state index in [4.69, 9.17) is 0 Å². The number of amides is 1. The predicted octanol–water partition coefficient (Wildman–Crippen LogP) is 5.17. The zero-order valence-corrected chi connectivity index (χ0v) is 22.6. The molecule has 0 aromatic heterocycles. The van der Waals surface area contributed by atoms with Gasteiger partial charge in [0, 0.05) is 36.8 Å². The molecule has 40 heavy (non-hydrogen) atoms. The van der Waals surface area contributed by atoms with Crippen LogP contribution < -0.4 is 16.0 Å². The van der Waals surface area contributed by atoms with Crippen LogP contribution in [0.15, 0.2) is 103 Å². The van der Waals surface area contributed by atoms with Crippen molar-refractivity contribution in [1.82, 2.24) is 16.0 Å². The predicted molar refractivity (Wildman–Crippen MR) is 162 cm³/mol. The third kappa shape index (κ3) is 6.78. The lowest BCUT2D eigenvalue weighted by molar-refractivity contribution is 0.0935. The van der Waals surface area contributed by atoms with Gasteiger partial charge in [0.1, 0.15) is 11.5 Å². The summed E-state index contributed by atoms with van der Waals surface area (Å²) in [5.41, 5.74) is 2.60. The molecule has 5 aromatic rings. The number of hydrogen-bond donors (Lipinski definition) is 5. The van der Waals surface area contributed by atoms with Crippen molar-refractivity contribution >= 4 is 27.5 Å². The van der Waals surface area contributed by atoms with Crippen LogP contribution in [0, 0.1) is 0 Å². The molecule has 6 heteroatoms. The van der Waals surface area contributed by atoms with Crippen LogP contribution in [-0.4, -0.2) is 48.3 Å². The van der Waals surface area contributed by atoms with E-state index in [0.29, 0.717) is 13.0 Å². The highest BCUT2D eigenvalue weighted by Crippen LogP contribution is 2.22. The summed E-state index contributed by atoms with van der Waals surface area (Å²) in [6.07, 6.45) is 1.45. The Bertz CT molecular complexity index is 1590. The molecular weight excluding hydrogens is 498 g/mol. The van der Waals surface area contributed by atoms with Crippen molar-refractivity contribution < 1.29 is 15.0 Å². The van der Waals surface area contributed by atoms with E-state index in [1.54, 1.807) is 0 Å². The van der Waals surface area contributed by atoms with Gasteiger partial charge >= 0.3 is 0 Å². The Morgan fingerprint density at radius 3 is 2.17 bits per heavy atom. The second-order valence-corrected chi connectivity index (χ2v) is 10.3. The van der Waals surface area contributed by atoms with Gasteiger partial charge in [0.15, 0.2) is 0 Å². The highest BCUT2D eigenvalue weighted by atomic mass is 16.3. The first-order valence-corrected chi connectivity index (χ1v) is 13.6. The molecule has 0 heterocycles. The topological polar surface area (TPSA) is 93.6 Å². The molecular formula is C34H35N3O3. The average molecular weight is 534 g/mol. The number of nitrogens with one attached hydrogen (secondary N) is 3. The Balaban J connectivity index is 1.36. The summed E-state index contributed by atoms with van der Waals surface area (Å²) in [7, 11) is 1.94. The van der Waals surface area contributed by atoms with Crippen LogP contribution in [0.1, 0.15) is 21.5 Å². The van der Waals surface area contributed by atoms with E-state index in [9.17, 15) is 15.0 Å².